The number of hydrogen-bond donors (Lipinski definition) is 1. The van der Waals surface area contributed by atoms with Crippen molar-refractivity contribution in [1.29, 1.82) is 0 Å². The molecule has 2 atom stereocenters. The first-order chi connectivity index (χ1) is 9.82. The lowest BCUT2D eigenvalue weighted by molar-refractivity contribution is -0.138. The van der Waals surface area contributed by atoms with Crippen molar-refractivity contribution < 1.29 is 4.79 Å². The number of nitrogens with zero attached hydrogens (tertiary/aromatic N) is 2. The Morgan fingerprint density at radius 2 is 1.87 bits per heavy atom. The number of carbonyl (C=O) groups is 1. The lowest BCUT2D eigenvalue weighted by atomic mass is 9.90. The Labute approximate surface area is 159 Å². The quantitative estimate of drug-likeness (QED) is 0.807. The molecule has 1 aromatic carbocycles. The summed E-state index contributed by atoms with van der Waals surface area (Å²) < 4.78 is 0.986. The lowest BCUT2D eigenvalue weighted by Gasteiger charge is -2.39. The molecular formula is C16H26BrCl2N3O. The third-order valence-corrected chi connectivity index (χ3v) is 4.83. The highest BCUT2D eigenvalue weighted by molar-refractivity contribution is 9.10. The van der Waals surface area contributed by atoms with Gasteiger partial charge in [0, 0.05) is 23.6 Å². The molecular weight excluding hydrogens is 401 g/mol. The van der Waals surface area contributed by atoms with Gasteiger partial charge in [-0.1, -0.05) is 28.1 Å². The van der Waals surface area contributed by atoms with Gasteiger partial charge in [0.2, 0.25) is 5.91 Å². The van der Waals surface area contributed by atoms with Crippen molar-refractivity contribution in [3.63, 3.8) is 0 Å². The molecule has 2 N–H and O–H groups in total. The summed E-state index contributed by atoms with van der Waals surface area (Å²) in [4.78, 5) is 16.9. The van der Waals surface area contributed by atoms with E-state index in [1.54, 1.807) is 6.92 Å². The van der Waals surface area contributed by atoms with Crippen LogP contribution in [-0.2, 0) is 10.3 Å². The number of nitrogens with two attached hydrogens (primary N) is 1. The van der Waals surface area contributed by atoms with Gasteiger partial charge in [-0.05, 0) is 51.6 Å². The van der Waals surface area contributed by atoms with Crippen molar-refractivity contribution in [2.45, 2.75) is 31.3 Å². The molecule has 1 saturated heterocycles. The van der Waals surface area contributed by atoms with Crippen LogP contribution < -0.4 is 5.73 Å². The van der Waals surface area contributed by atoms with Crippen LogP contribution in [0.15, 0.2) is 28.7 Å². The van der Waals surface area contributed by atoms with E-state index in [1.165, 1.54) is 0 Å². The zero-order chi connectivity index (χ0) is 15.6. The van der Waals surface area contributed by atoms with E-state index in [9.17, 15) is 4.79 Å². The largest absolute Gasteiger partial charge is 0.339 e. The summed E-state index contributed by atoms with van der Waals surface area (Å²) in [5.74, 6) is 0.0105. The average molecular weight is 427 g/mol. The molecule has 1 fully saturated rings. The second kappa shape index (κ2) is 9.23. The monoisotopic (exact) mass is 425 g/mol. The fraction of sp³-hybridized carbons (Fsp3) is 0.562. The van der Waals surface area contributed by atoms with Crippen molar-refractivity contribution in [2.24, 2.45) is 5.73 Å². The summed E-state index contributed by atoms with van der Waals surface area (Å²) in [6, 6.07) is 8.09. The second-order valence-electron chi connectivity index (χ2n) is 6.22. The minimum atomic E-state index is -0.977. The maximum absolute atomic E-state index is 12.8. The Morgan fingerprint density at radius 1 is 1.30 bits per heavy atom. The van der Waals surface area contributed by atoms with Gasteiger partial charge < -0.3 is 15.5 Å². The maximum Gasteiger partial charge on any atom is 0.247 e. The molecule has 1 heterocycles. The number of hydrogen-bond acceptors (Lipinski definition) is 3. The fourth-order valence-corrected chi connectivity index (χ4v) is 3.07. The first-order valence-electron chi connectivity index (χ1n) is 7.33. The standard InChI is InChI=1S/C16H24BrN3O.2ClH/c1-16(18,12-6-8-13(17)9-7-12)15(21)20-10-4-5-14(11-20)19(2)3;;/h6-9,14H,4-5,10-11,18H2,1-3H3;2*1H. The molecule has 2 unspecified atom stereocenters. The SMILES string of the molecule is CN(C)C1CCCN(C(=O)C(C)(N)c2ccc(Br)cc2)C1.Cl.Cl. The molecule has 0 radical (unpaired) electrons. The van der Waals surface area contributed by atoms with Gasteiger partial charge in [0.1, 0.15) is 5.54 Å². The van der Waals surface area contributed by atoms with Crippen LogP contribution in [0.4, 0.5) is 0 Å². The molecule has 0 aromatic heterocycles. The van der Waals surface area contributed by atoms with Gasteiger partial charge in [0.05, 0.1) is 0 Å². The van der Waals surface area contributed by atoms with Crippen molar-refractivity contribution in [2.75, 3.05) is 27.2 Å². The number of rotatable bonds is 3. The van der Waals surface area contributed by atoms with E-state index >= 15 is 0 Å². The predicted molar refractivity (Wildman–Crippen MR) is 103 cm³/mol. The number of halogens is 3. The minimum Gasteiger partial charge on any atom is -0.339 e. The molecule has 7 heteroatoms. The van der Waals surface area contributed by atoms with Gasteiger partial charge in [-0.25, -0.2) is 0 Å². The molecule has 0 bridgehead atoms. The molecule has 1 aliphatic rings. The predicted octanol–water partition coefficient (Wildman–Crippen LogP) is 3.02. The maximum atomic E-state index is 12.8. The summed E-state index contributed by atoms with van der Waals surface area (Å²) in [6.45, 7) is 3.36. The Balaban J connectivity index is 0.00000242. The average Bonchev–Trinajstić information content (AvgIpc) is 2.47. The molecule has 1 amide bonds. The van der Waals surface area contributed by atoms with Gasteiger partial charge in [0.15, 0.2) is 0 Å². The molecule has 1 aromatic rings. The van der Waals surface area contributed by atoms with Crippen LogP contribution >= 0.6 is 40.7 Å². The smallest absolute Gasteiger partial charge is 0.247 e. The third-order valence-electron chi connectivity index (χ3n) is 4.30. The first kappa shape index (κ1) is 22.7. The van der Waals surface area contributed by atoms with Gasteiger partial charge >= 0.3 is 0 Å². The van der Waals surface area contributed by atoms with Crippen LogP contribution in [0.25, 0.3) is 0 Å². The van der Waals surface area contributed by atoms with E-state index in [0.29, 0.717) is 6.04 Å². The van der Waals surface area contributed by atoms with Gasteiger partial charge in [-0.15, -0.1) is 24.8 Å². The topological polar surface area (TPSA) is 49.6 Å². The van der Waals surface area contributed by atoms with Gasteiger partial charge in [-0.2, -0.15) is 0 Å². The van der Waals surface area contributed by atoms with Gasteiger partial charge in [0.25, 0.3) is 0 Å². The van der Waals surface area contributed by atoms with E-state index in [1.807, 2.05) is 29.2 Å². The van der Waals surface area contributed by atoms with Crippen LogP contribution in [0, 0.1) is 0 Å². The van der Waals surface area contributed by atoms with E-state index < -0.39 is 5.54 Å². The van der Waals surface area contributed by atoms with E-state index in [4.69, 9.17) is 5.73 Å². The molecule has 132 valence electrons. The molecule has 0 spiro atoms. The fourth-order valence-electron chi connectivity index (χ4n) is 2.81. The van der Waals surface area contributed by atoms with Crippen LogP contribution in [0.2, 0.25) is 0 Å². The van der Waals surface area contributed by atoms with Crippen LogP contribution in [0.1, 0.15) is 25.3 Å². The van der Waals surface area contributed by atoms with E-state index in [0.717, 1.165) is 36.0 Å². The molecule has 1 aliphatic heterocycles. The van der Waals surface area contributed by atoms with Crippen molar-refractivity contribution >= 4 is 46.7 Å². The highest BCUT2D eigenvalue weighted by atomic mass is 79.9. The first-order valence-corrected chi connectivity index (χ1v) is 8.12. The van der Waals surface area contributed by atoms with Crippen molar-refractivity contribution in [3.05, 3.63) is 34.3 Å². The molecule has 4 nitrogen and oxygen atoms in total. The number of piperidine rings is 1. The molecule has 0 aliphatic carbocycles. The zero-order valence-corrected chi connectivity index (χ0v) is 17.0. The highest BCUT2D eigenvalue weighted by Crippen LogP contribution is 2.25. The van der Waals surface area contributed by atoms with E-state index in [-0.39, 0.29) is 30.7 Å². The van der Waals surface area contributed by atoms with Crippen molar-refractivity contribution in [1.82, 2.24) is 9.80 Å². The minimum absolute atomic E-state index is 0. The Bertz CT molecular complexity index is 509. The number of amides is 1. The summed E-state index contributed by atoms with van der Waals surface area (Å²) in [5.41, 5.74) is 6.24. The van der Waals surface area contributed by atoms with Crippen LogP contribution in [0.3, 0.4) is 0 Å². The third kappa shape index (κ3) is 5.33. The Morgan fingerprint density at radius 3 is 2.39 bits per heavy atom. The number of likely N-dealkylation sites (N-methyl/N-ethyl adjacent to an activating group) is 1. The Kier molecular flexibility index (Phi) is 9.10. The van der Waals surface area contributed by atoms with E-state index in [2.05, 4.69) is 34.9 Å². The van der Waals surface area contributed by atoms with Crippen LogP contribution in [-0.4, -0.2) is 48.9 Å². The summed E-state index contributed by atoms with van der Waals surface area (Å²) in [6.07, 6.45) is 2.17. The number of likely N-dealkylation sites (tertiary alicyclic amines) is 1. The van der Waals surface area contributed by atoms with Crippen LogP contribution in [0.5, 0.6) is 0 Å². The Hall–Kier alpha value is -0.330. The number of benzene rings is 1. The van der Waals surface area contributed by atoms with Crippen molar-refractivity contribution in [3.8, 4) is 0 Å². The number of carbonyl (C=O) groups excluding carboxylic acids is 1. The summed E-state index contributed by atoms with van der Waals surface area (Å²) in [5, 5.41) is 0. The molecule has 23 heavy (non-hydrogen) atoms. The summed E-state index contributed by atoms with van der Waals surface area (Å²) in [7, 11) is 4.13. The van der Waals surface area contributed by atoms with Gasteiger partial charge in [-0.3, -0.25) is 4.79 Å². The molecule has 2 rings (SSSR count). The second-order valence-corrected chi connectivity index (χ2v) is 7.14. The highest BCUT2D eigenvalue weighted by Gasteiger charge is 2.36. The summed E-state index contributed by atoms with van der Waals surface area (Å²) >= 11 is 3.41. The molecule has 0 saturated carbocycles. The normalized spacial score (nSPS) is 20.3. The lowest BCUT2D eigenvalue weighted by Crippen LogP contribution is -2.56. The zero-order valence-electron chi connectivity index (χ0n) is 13.8.